The summed E-state index contributed by atoms with van der Waals surface area (Å²) in [7, 11) is 0. The fraction of sp³-hybridized carbons (Fsp3) is 0.462. The molecule has 1 fully saturated rings. The van der Waals surface area contributed by atoms with Crippen molar-refractivity contribution in [2.24, 2.45) is 0 Å². The third-order valence-electron chi connectivity index (χ3n) is 3.35. The lowest BCUT2D eigenvalue weighted by atomic mass is 10.2. The summed E-state index contributed by atoms with van der Waals surface area (Å²) in [5.74, 6) is 0.636. The van der Waals surface area contributed by atoms with Crippen molar-refractivity contribution < 1.29 is 4.74 Å². The third kappa shape index (κ3) is 3.48. The number of thioether (sulfide) groups is 1. The van der Waals surface area contributed by atoms with Crippen molar-refractivity contribution in [3.63, 3.8) is 0 Å². The minimum atomic E-state index is -0.200. The van der Waals surface area contributed by atoms with Gasteiger partial charge in [0.25, 0.3) is 0 Å². The molecule has 2 aromatic rings. The maximum absolute atomic E-state index is 11.8. The predicted molar refractivity (Wildman–Crippen MR) is 80.6 cm³/mol. The van der Waals surface area contributed by atoms with Crippen LogP contribution in [-0.4, -0.2) is 32.5 Å². The Labute approximate surface area is 130 Å². The highest BCUT2D eigenvalue weighted by Gasteiger charge is 2.19. The second-order valence-corrected chi connectivity index (χ2v) is 6.16. The first-order valence-electron chi connectivity index (χ1n) is 6.72. The van der Waals surface area contributed by atoms with Crippen LogP contribution in [0.5, 0.6) is 0 Å². The highest BCUT2D eigenvalue weighted by atomic mass is 35.5. The van der Waals surface area contributed by atoms with Crippen LogP contribution in [0.4, 0.5) is 0 Å². The van der Waals surface area contributed by atoms with Crippen molar-refractivity contribution in [2.75, 3.05) is 6.61 Å². The van der Waals surface area contributed by atoms with E-state index in [0.29, 0.717) is 22.5 Å². The summed E-state index contributed by atoms with van der Waals surface area (Å²) in [6.07, 6.45) is 5.45. The molecule has 21 heavy (non-hydrogen) atoms. The SMILES string of the molecule is O=c1[nH]nc(SCc2ccncc2Cl)n1CC1CCCO1. The van der Waals surface area contributed by atoms with Crippen LogP contribution < -0.4 is 5.69 Å². The van der Waals surface area contributed by atoms with Crippen LogP contribution in [0.15, 0.2) is 28.4 Å². The second-order valence-electron chi connectivity index (χ2n) is 4.81. The van der Waals surface area contributed by atoms with Gasteiger partial charge in [-0.05, 0) is 24.5 Å². The summed E-state index contributed by atoms with van der Waals surface area (Å²) in [4.78, 5) is 15.8. The van der Waals surface area contributed by atoms with Crippen molar-refractivity contribution in [1.29, 1.82) is 0 Å². The zero-order valence-corrected chi connectivity index (χ0v) is 12.9. The first-order chi connectivity index (χ1) is 10.2. The molecule has 0 bridgehead atoms. The van der Waals surface area contributed by atoms with E-state index < -0.39 is 0 Å². The van der Waals surface area contributed by atoms with Gasteiger partial charge in [0.15, 0.2) is 5.16 Å². The van der Waals surface area contributed by atoms with Gasteiger partial charge in [-0.1, -0.05) is 23.4 Å². The number of hydrogen-bond donors (Lipinski definition) is 1. The van der Waals surface area contributed by atoms with Gasteiger partial charge in [-0.2, -0.15) is 0 Å². The van der Waals surface area contributed by atoms with Gasteiger partial charge in [0.05, 0.1) is 17.7 Å². The summed E-state index contributed by atoms with van der Waals surface area (Å²) in [5.41, 5.74) is 0.768. The quantitative estimate of drug-likeness (QED) is 0.852. The fourth-order valence-electron chi connectivity index (χ4n) is 2.23. The molecule has 0 amide bonds. The molecule has 112 valence electrons. The Kier molecular flexibility index (Phi) is 4.62. The number of ether oxygens (including phenoxy) is 1. The number of hydrogen-bond acceptors (Lipinski definition) is 5. The molecule has 6 nitrogen and oxygen atoms in total. The van der Waals surface area contributed by atoms with Gasteiger partial charge in [-0.3, -0.25) is 9.55 Å². The highest BCUT2D eigenvalue weighted by Crippen LogP contribution is 2.24. The molecule has 0 radical (unpaired) electrons. The van der Waals surface area contributed by atoms with Crippen molar-refractivity contribution in [2.45, 2.75) is 36.4 Å². The largest absolute Gasteiger partial charge is 0.376 e. The van der Waals surface area contributed by atoms with E-state index in [1.54, 1.807) is 17.0 Å². The lowest BCUT2D eigenvalue weighted by molar-refractivity contribution is 0.0941. The first kappa shape index (κ1) is 14.6. The Morgan fingerprint density at radius 2 is 2.48 bits per heavy atom. The van der Waals surface area contributed by atoms with Crippen LogP contribution in [0.1, 0.15) is 18.4 Å². The Balaban J connectivity index is 1.71. The molecular formula is C13H15ClN4O2S. The Morgan fingerprint density at radius 1 is 1.57 bits per heavy atom. The molecule has 0 aromatic carbocycles. The topological polar surface area (TPSA) is 72.8 Å². The molecule has 1 aliphatic rings. The molecule has 1 atom stereocenters. The molecule has 3 heterocycles. The summed E-state index contributed by atoms with van der Waals surface area (Å²) in [6, 6.07) is 1.87. The number of nitrogens with zero attached hydrogens (tertiary/aromatic N) is 3. The van der Waals surface area contributed by atoms with Crippen LogP contribution >= 0.6 is 23.4 Å². The number of aromatic amines is 1. The number of H-pyrrole nitrogens is 1. The van der Waals surface area contributed by atoms with Crippen molar-refractivity contribution in [3.05, 3.63) is 39.5 Å². The van der Waals surface area contributed by atoms with Crippen molar-refractivity contribution >= 4 is 23.4 Å². The van der Waals surface area contributed by atoms with E-state index in [0.717, 1.165) is 25.0 Å². The van der Waals surface area contributed by atoms with Crippen LogP contribution in [0.3, 0.4) is 0 Å². The lowest BCUT2D eigenvalue weighted by Gasteiger charge is -2.11. The average Bonchev–Trinajstić information content (AvgIpc) is 3.11. The van der Waals surface area contributed by atoms with Crippen LogP contribution in [-0.2, 0) is 17.0 Å². The first-order valence-corrected chi connectivity index (χ1v) is 8.08. The van der Waals surface area contributed by atoms with Gasteiger partial charge in [0.1, 0.15) is 0 Å². The van der Waals surface area contributed by atoms with Crippen LogP contribution in [0.25, 0.3) is 0 Å². The summed E-state index contributed by atoms with van der Waals surface area (Å²) in [6.45, 7) is 1.31. The standard InChI is InChI=1S/C13H15ClN4O2S/c14-11-6-15-4-3-9(11)8-21-13-17-16-12(19)18(13)7-10-2-1-5-20-10/h3-4,6,10H,1-2,5,7-8H2,(H,16,19). The third-order valence-corrected chi connectivity index (χ3v) is 4.71. The Morgan fingerprint density at radius 3 is 3.24 bits per heavy atom. The Hall–Kier alpha value is -1.31. The number of pyridine rings is 1. The zero-order chi connectivity index (χ0) is 14.7. The molecular weight excluding hydrogens is 312 g/mol. The second kappa shape index (κ2) is 6.64. The van der Waals surface area contributed by atoms with E-state index >= 15 is 0 Å². The summed E-state index contributed by atoms with van der Waals surface area (Å²) < 4.78 is 7.21. The van der Waals surface area contributed by atoms with E-state index in [1.165, 1.54) is 11.8 Å². The van der Waals surface area contributed by atoms with Crippen LogP contribution in [0, 0.1) is 0 Å². The lowest BCUT2D eigenvalue weighted by Crippen LogP contribution is -2.24. The van der Waals surface area contributed by atoms with E-state index in [1.807, 2.05) is 6.07 Å². The summed E-state index contributed by atoms with van der Waals surface area (Å²) >= 11 is 7.55. The fourth-order valence-corrected chi connectivity index (χ4v) is 3.45. The number of nitrogens with one attached hydrogen (secondary N) is 1. The van der Waals surface area contributed by atoms with Crippen molar-refractivity contribution in [1.82, 2.24) is 19.7 Å². The van der Waals surface area contributed by atoms with E-state index in [-0.39, 0.29) is 11.8 Å². The molecule has 0 saturated carbocycles. The van der Waals surface area contributed by atoms with Gasteiger partial charge >= 0.3 is 5.69 Å². The molecule has 1 N–H and O–H groups in total. The molecule has 1 unspecified atom stereocenters. The normalized spacial score (nSPS) is 18.2. The number of halogens is 1. The minimum absolute atomic E-state index is 0.101. The monoisotopic (exact) mass is 326 g/mol. The van der Waals surface area contributed by atoms with E-state index in [4.69, 9.17) is 16.3 Å². The molecule has 2 aromatic heterocycles. The molecule has 0 aliphatic carbocycles. The number of rotatable bonds is 5. The molecule has 8 heteroatoms. The predicted octanol–water partition coefficient (Wildman–Crippen LogP) is 2.09. The van der Waals surface area contributed by atoms with Gasteiger partial charge in [-0.15, -0.1) is 5.10 Å². The van der Waals surface area contributed by atoms with Crippen molar-refractivity contribution in [3.8, 4) is 0 Å². The zero-order valence-electron chi connectivity index (χ0n) is 11.3. The van der Waals surface area contributed by atoms with E-state index in [2.05, 4.69) is 15.2 Å². The maximum atomic E-state index is 11.8. The average molecular weight is 327 g/mol. The van der Waals surface area contributed by atoms with Crippen LogP contribution in [0.2, 0.25) is 5.02 Å². The number of aromatic nitrogens is 4. The van der Waals surface area contributed by atoms with Gasteiger partial charge in [-0.25, -0.2) is 9.89 Å². The highest BCUT2D eigenvalue weighted by molar-refractivity contribution is 7.98. The Bertz CT molecular complexity index is 666. The van der Waals surface area contributed by atoms with Gasteiger partial charge in [0.2, 0.25) is 0 Å². The molecule has 3 rings (SSSR count). The molecule has 0 spiro atoms. The molecule has 1 aliphatic heterocycles. The molecule has 1 saturated heterocycles. The minimum Gasteiger partial charge on any atom is -0.376 e. The smallest absolute Gasteiger partial charge is 0.344 e. The summed E-state index contributed by atoms with van der Waals surface area (Å²) in [5, 5.41) is 7.85. The van der Waals surface area contributed by atoms with Gasteiger partial charge in [0, 0.05) is 24.8 Å². The maximum Gasteiger partial charge on any atom is 0.344 e. The van der Waals surface area contributed by atoms with Gasteiger partial charge < -0.3 is 4.74 Å². The van der Waals surface area contributed by atoms with E-state index in [9.17, 15) is 4.79 Å².